The van der Waals surface area contributed by atoms with E-state index in [1.807, 2.05) is 0 Å². The summed E-state index contributed by atoms with van der Waals surface area (Å²) in [6, 6.07) is 2.50. The average molecular weight is 281 g/mol. The van der Waals surface area contributed by atoms with E-state index in [0.29, 0.717) is 0 Å². The Morgan fingerprint density at radius 2 is 1.94 bits per heavy atom. The van der Waals surface area contributed by atoms with Crippen molar-refractivity contribution in [2.45, 2.75) is 6.42 Å². The lowest BCUT2D eigenvalue weighted by Crippen LogP contribution is -2.20. The van der Waals surface area contributed by atoms with E-state index in [-0.39, 0.29) is 27.1 Å². The molecule has 0 aliphatic heterocycles. The van der Waals surface area contributed by atoms with Crippen molar-refractivity contribution < 1.29 is 9.18 Å². The van der Waals surface area contributed by atoms with Crippen LogP contribution in [0.2, 0.25) is 10.0 Å². The molecule has 0 aromatic heterocycles. The van der Waals surface area contributed by atoms with E-state index in [9.17, 15) is 9.18 Å². The van der Waals surface area contributed by atoms with Crippen molar-refractivity contribution in [1.29, 1.82) is 0 Å². The monoisotopic (exact) mass is 280 g/mol. The Morgan fingerprint density at radius 3 is 2.38 bits per heavy atom. The summed E-state index contributed by atoms with van der Waals surface area (Å²) in [6.07, 6.45) is -0.0953. The lowest BCUT2D eigenvalue weighted by Gasteiger charge is -2.06. The Morgan fingerprint density at radius 1 is 1.44 bits per heavy atom. The fourth-order valence-corrected chi connectivity index (χ4v) is 1.61. The summed E-state index contributed by atoms with van der Waals surface area (Å²) in [5.41, 5.74) is 5.48. The Kier molecular flexibility index (Phi) is 4.46. The van der Waals surface area contributed by atoms with Crippen molar-refractivity contribution in [3.8, 4) is 0 Å². The van der Waals surface area contributed by atoms with E-state index in [1.54, 1.807) is 0 Å². The second-order valence-electron chi connectivity index (χ2n) is 2.95. The van der Waals surface area contributed by atoms with Gasteiger partial charge in [0.1, 0.15) is 0 Å². The zero-order chi connectivity index (χ0) is 12.3. The lowest BCUT2D eigenvalue weighted by molar-refractivity contribution is -0.115. The molecule has 3 nitrogen and oxygen atoms in total. The number of hydrogen-bond donors (Lipinski definition) is 2. The van der Waals surface area contributed by atoms with Gasteiger partial charge in [0.15, 0.2) is 5.82 Å². The molecular weight excluding hydrogens is 274 g/mol. The van der Waals surface area contributed by atoms with Crippen LogP contribution in [-0.2, 0) is 4.79 Å². The normalized spacial score (nSPS) is 9.94. The highest BCUT2D eigenvalue weighted by atomic mass is 35.5. The van der Waals surface area contributed by atoms with E-state index in [2.05, 4.69) is 17.5 Å². The second-order valence-corrected chi connectivity index (χ2v) is 4.28. The van der Waals surface area contributed by atoms with Crippen molar-refractivity contribution in [2.75, 3.05) is 5.32 Å². The molecule has 7 heteroatoms. The summed E-state index contributed by atoms with van der Waals surface area (Å²) >= 11 is 15.7. The molecule has 0 heterocycles. The highest BCUT2D eigenvalue weighted by molar-refractivity contribution is 7.80. The number of hydrogen-bond acceptors (Lipinski definition) is 2. The van der Waals surface area contributed by atoms with Gasteiger partial charge in [-0.2, -0.15) is 0 Å². The van der Waals surface area contributed by atoms with Crippen LogP contribution < -0.4 is 11.1 Å². The van der Waals surface area contributed by atoms with Gasteiger partial charge in [-0.3, -0.25) is 4.79 Å². The molecule has 3 N–H and O–H groups in total. The maximum Gasteiger partial charge on any atom is 0.231 e. The number of halogens is 3. The minimum Gasteiger partial charge on any atom is -0.393 e. The minimum atomic E-state index is -0.726. The molecule has 0 saturated heterocycles. The zero-order valence-corrected chi connectivity index (χ0v) is 10.2. The number of carbonyl (C=O) groups is 1. The summed E-state index contributed by atoms with van der Waals surface area (Å²) in [5, 5.41) is 2.10. The van der Waals surface area contributed by atoms with Gasteiger partial charge in [0, 0.05) is 5.69 Å². The summed E-state index contributed by atoms with van der Waals surface area (Å²) in [4.78, 5) is 11.3. The van der Waals surface area contributed by atoms with E-state index in [0.717, 1.165) is 0 Å². The summed E-state index contributed by atoms with van der Waals surface area (Å²) in [6.45, 7) is 0. The van der Waals surface area contributed by atoms with Crippen LogP contribution in [-0.4, -0.2) is 10.9 Å². The van der Waals surface area contributed by atoms with Gasteiger partial charge in [0.25, 0.3) is 0 Å². The largest absolute Gasteiger partial charge is 0.393 e. The molecule has 86 valence electrons. The highest BCUT2D eigenvalue weighted by Crippen LogP contribution is 2.27. The molecule has 0 aliphatic carbocycles. The van der Waals surface area contributed by atoms with Crippen molar-refractivity contribution >= 4 is 52.0 Å². The number of nitrogens with one attached hydrogen (secondary N) is 1. The topological polar surface area (TPSA) is 55.1 Å². The Balaban J connectivity index is 2.82. The molecular formula is C9H7Cl2FN2OS. The van der Waals surface area contributed by atoms with Gasteiger partial charge in [0.2, 0.25) is 5.91 Å². The molecule has 1 amide bonds. The first-order chi connectivity index (χ1) is 7.40. The first kappa shape index (κ1) is 13.2. The third kappa shape index (κ3) is 3.59. The number of thiocarbonyl (C=S) groups is 1. The quantitative estimate of drug-likeness (QED) is 0.661. The average Bonchev–Trinajstić information content (AvgIpc) is 2.12. The molecule has 0 unspecified atom stereocenters. The number of amides is 1. The lowest BCUT2D eigenvalue weighted by atomic mass is 10.3. The van der Waals surface area contributed by atoms with Crippen LogP contribution in [0.5, 0.6) is 0 Å². The van der Waals surface area contributed by atoms with Crippen LogP contribution in [0.4, 0.5) is 10.1 Å². The van der Waals surface area contributed by atoms with Crippen LogP contribution in [0.15, 0.2) is 12.1 Å². The molecule has 0 spiro atoms. The van der Waals surface area contributed by atoms with Gasteiger partial charge in [0.05, 0.1) is 21.5 Å². The van der Waals surface area contributed by atoms with E-state index in [4.69, 9.17) is 28.9 Å². The van der Waals surface area contributed by atoms with Crippen molar-refractivity contribution in [1.82, 2.24) is 0 Å². The van der Waals surface area contributed by atoms with Crippen molar-refractivity contribution in [3.05, 3.63) is 28.0 Å². The number of rotatable bonds is 3. The minimum absolute atomic E-state index is 0.0665. The molecule has 1 aromatic carbocycles. The number of benzene rings is 1. The third-order valence-corrected chi connectivity index (χ3v) is 2.30. The van der Waals surface area contributed by atoms with E-state index >= 15 is 0 Å². The molecule has 0 saturated carbocycles. The predicted molar refractivity (Wildman–Crippen MR) is 66.5 cm³/mol. The number of anilines is 1. The molecule has 0 aliphatic rings. The Labute approximate surface area is 107 Å². The summed E-state index contributed by atoms with van der Waals surface area (Å²) in [5.74, 6) is -1.14. The van der Waals surface area contributed by atoms with E-state index in [1.165, 1.54) is 12.1 Å². The summed E-state index contributed by atoms with van der Waals surface area (Å²) < 4.78 is 13.0. The smallest absolute Gasteiger partial charge is 0.231 e. The highest BCUT2D eigenvalue weighted by Gasteiger charge is 2.10. The van der Waals surface area contributed by atoms with Gasteiger partial charge in [-0.15, -0.1) is 0 Å². The van der Waals surface area contributed by atoms with Gasteiger partial charge in [-0.25, -0.2) is 4.39 Å². The van der Waals surface area contributed by atoms with Crippen LogP contribution in [0.1, 0.15) is 6.42 Å². The van der Waals surface area contributed by atoms with Gasteiger partial charge in [-0.1, -0.05) is 35.4 Å². The molecule has 0 radical (unpaired) electrons. The molecule has 1 rings (SSSR count). The maximum atomic E-state index is 13.0. The maximum absolute atomic E-state index is 13.0. The number of nitrogens with two attached hydrogens (primary N) is 1. The molecule has 0 fully saturated rings. The molecule has 16 heavy (non-hydrogen) atoms. The van der Waals surface area contributed by atoms with Gasteiger partial charge >= 0.3 is 0 Å². The van der Waals surface area contributed by atoms with Gasteiger partial charge in [-0.05, 0) is 12.1 Å². The Hall–Kier alpha value is -0.910. The molecule has 0 atom stereocenters. The standard InChI is InChI=1S/C9H7Cl2FN2OS/c10-5-1-4(2-6(11)9(5)12)14-8(15)3-7(13)16/h1-2H,3H2,(H2,13,16)(H,14,15). The van der Waals surface area contributed by atoms with Crippen LogP contribution in [0, 0.1) is 5.82 Å². The first-order valence-electron chi connectivity index (χ1n) is 4.13. The van der Waals surface area contributed by atoms with Crippen molar-refractivity contribution in [2.24, 2.45) is 5.73 Å². The van der Waals surface area contributed by atoms with E-state index < -0.39 is 11.7 Å². The summed E-state index contributed by atoms with van der Waals surface area (Å²) in [7, 11) is 0. The van der Waals surface area contributed by atoms with Crippen LogP contribution >= 0.6 is 35.4 Å². The predicted octanol–water partition coefficient (Wildman–Crippen LogP) is 2.75. The molecule has 0 bridgehead atoms. The number of carbonyl (C=O) groups excluding carboxylic acids is 1. The SMILES string of the molecule is NC(=S)CC(=O)Nc1cc(Cl)c(F)c(Cl)c1. The van der Waals surface area contributed by atoms with Gasteiger partial charge < -0.3 is 11.1 Å². The van der Waals surface area contributed by atoms with Crippen LogP contribution in [0.25, 0.3) is 0 Å². The second kappa shape index (κ2) is 5.43. The molecule has 1 aromatic rings. The first-order valence-corrected chi connectivity index (χ1v) is 5.29. The Bertz CT molecular complexity index is 430. The fraction of sp³-hybridized carbons (Fsp3) is 0.111. The fourth-order valence-electron chi connectivity index (χ4n) is 0.991. The van der Waals surface area contributed by atoms with Crippen LogP contribution in [0.3, 0.4) is 0 Å². The zero-order valence-electron chi connectivity index (χ0n) is 7.89. The van der Waals surface area contributed by atoms with Crippen molar-refractivity contribution in [3.63, 3.8) is 0 Å². The third-order valence-electron chi connectivity index (χ3n) is 1.60.